The largest absolute Gasteiger partial charge is 0.294 e. The maximum absolute atomic E-state index is 11.7. The van der Waals surface area contributed by atoms with Gasteiger partial charge < -0.3 is 0 Å². The molecule has 0 saturated heterocycles. The molecule has 0 fully saturated rings. The molecule has 1 nitrogen and oxygen atoms in total. The van der Waals surface area contributed by atoms with Crippen LogP contribution in [-0.2, 0) is 0 Å². The van der Waals surface area contributed by atoms with Crippen molar-refractivity contribution in [1.82, 2.24) is 0 Å². The molecule has 76 valence electrons. The average molecular weight is 276 g/mol. The Kier molecular flexibility index (Phi) is 4.63. The third-order valence-electron chi connectivity index (χ3n) is 1.99. The minimum atomic E-state index is 0.123. The summed E-state index contributed by atoms with van der Waals surface area (Å²) < 4.78 is 0.891. The van der Waals surface area contributed by atoms with Gasteiger partial charge in [0.05, 0.1) is 5.02 Å². The Morgan fingerprint density at radius 3 is 2.86 bits per heavy atom. The number of benzene rings is 1. The van der Waals surface area contributed by atoms with Crippen LogP contribution in [0.1, 0.15) is 36.5 Å². The Morgan fingerprint density at radius 1 is 1.50 bits per heavy atom. The molecule has 0 radical (unpaired) electrons. The zero-order valence-corrected chi connectivity index (χ0v) is 10.4. The molecule has 0 atom stereocenters. The first-order valence-electron chi connectivity index (χ1n) is 4.63. The van der Waals surface area contributed by atoms with Gasteiger partial charge >= 0.3 is 0 Å². The van der Waals surface area contributed by atoms with Crippen LogP contribution in [0.4, 0.5) is 0 Å². The molecule has 0 N–H and O–H groups in total. The highest BCUT2D eigenvalue weighted by atomic mass is 79.9. The highest BCUT2D eigenvalue weighted by molar-refractivity contribution is 9.10. The molecule has 0 amide bonds. The number of Topliss-reactive ketones (excluding diaryl/α,β-unsaturated/α-hetero) is 1. The van der Waals surface area contributed by atoms with Gasteiger partial charge in [0.1, 0.15) is 0 Å². The van der Waals surface area contributed by atoms with Crippen LogP contribution in [-0.4, -0.2) is 5.78 Å². The quantitative estimate of drug-likeness (QED) is 0.741. The van der Waals surface area contributed by atoms with Gasteiger partial charge in [-0.15, -0.1) is 0 Å². The van der Waals surface area contributed by atoms with E-state index in [2.05, 4.69) is 22.9 Å². The molecular weight excluding hydrogens is 263 g/mol. The van der Waals surface area contributed by atoms with E-state index in [4.69, 9.17) is 11.6 Å². The van der Waals surface area contributed by atoms with Crippen LogP contribution in [0.25, 0.3) is 0 Å². The molecule has 1 aromatic carbocycles. The third-order valence-corrected chi connectivity index (χ3v) is 2.81. The predicted molar refractivity (Wildman–Crippen MR) is 63.0 cm³/mol. The van der Waals surface area contributed by atoms with Gasteiger partial charge in [0.15, 0.2) is 5.78 Å². The smallest absolute Gasteiger partial charge is 0.164 e. The Hall–Kier alpha value is -0.340. The lowest BCUT2D eigenvalue weighted by atomic mass is 10.1. The van der Waals surface area contributed by atoms with Gasteiger partial charge in [-0.1, -0.05) is 40.9 Å². The minimum Gasteiger partial charge on any atom is -0.294 e. The molecule has 0 heterocycles. The summed E-state index contributed by atoms with van der Waals surface area (Å²) in [6.45, 7) is 2.07. The van der Waals surface area contributed by atoms with E-state index in [9.17, 15) is 4.79 Å². The highest BCUT2D eigenvalue weighted by Crippen LogP contribution is 2.22. The van der Waals surface area contributed by atoms with Crippen LogP contribution < -0.4 is 0 Å². The first-order valence-corrected chi connectivity index (χ1v) is 5.80. The van der Waals surface area contributed by atoms with Crippen LogP contribution in [0.5, 0.6) is 0 Å². The Labute approximate surface area is 97.6 Å². The summed E-state index contributed by atoms with van der Waals surface area (Å²) in [5, 5.41) is 0.536. The van der Waals surface area contributed by atoms with Gasteiger partial charge in [0.25, 0.3) is 0 Å². The summed E-state index contributed by atoms with van der Waals surface area (Å²) in [7, 11) is 0. The van der Waals surface area contributed by atoms with Crippen LogP contribution in [0, 0.1) is 0 Å². The van der Waals surface area contributed by atoms with Crippen LogP contribution in [0.15, 0.2) is 22.7 Å². The van der Waals surface area contributed by atoms with E-state index in [1.807, 2.05) is 6.07 Å². The number of hydrogen-bond donors (Lipinski definition) is 0. The summed E-state index contributed by atoms with van der Waals surface area (Å²) in [5.74, 6) is 0.123. The van der Waals surface area contributed by atoms with E-state index in [0.717, 1.165) is 17.3 Å². The zero-order chi connectivity index (χ0) is 10.6. The number of unbranched alkanes of at least 4 members (excludes halogenated alkanes) is 1. The molecule has 1 rings (SSSR count). The lowest BCUT2D eigenvalue weighted by Crippen LogP contribution is -1.99. The van der Waals surface area contributed by atoms with Crippen molar-refractivity contribution in [2.45, 2.75) is 26.2 Å². The molecule has 0 aromatic heterocycles. The fourth-order valence-corrected chi connectivity index (χ4v) is 1.77. The number of halogens is 2. The zero-order valence-electron chi connectivity index (χ0n) is 8.02. The van der Waals surface area contributed by atoms with E-state index < -0.39 is 0 Å². The topological polar surface area (TPSA) is 17.1 Å². The second-order valence-electron chi connectivity index (χ2n) is 3.15. The second-order valence-corrected chi connectivity index (χ2v) is 4.47. The van der Waals surface area contributed by atoms with Crippen molar-refractivity contribution in [3.8, 4) is 0 Å². The molecule has 0 spiro atoms. The van der Waals surface area contributed by atoms with Crippen molar-refractivity contribution in [2.24, 2.45) is 0 Å². The van der Waals surface area contributed by atoms with Crippen molar-refractivity contribution in [2.75, 3.05) is 0 Å². The average Bonchev–Trinajstić information content (AvgIpc) is 2.18. The first kappa shape index (κ1) is 11.7. The maximum atomic E-state index is 11.7. The van der Waals surface area contributed by atoms with Crippen LogP contribution >= 0.6 is 27.5 Å². The Bertz CT molecular complexity index is 336. The van der Waals surface area contributed by atoms with E-state index in [0.29, 0.717) is 17.0 Å². The van der Waals surface area contributed by atoms with E-state index in [1.165, 1.54) is 0 Å². The molecule has 0 aliphatic rings. The standard InChI is InChI=1S/C11H12BrClO/c1-2-3-4-11(14)9-7-8(12)5-6-10(9)13/h5-7H,2-4H2,1H3. The lowest BCUT2D eigenvalue weighted by Gasteiger charge is -2.03. The number of hydrogen-bond acceptors (Lipinski definition) is 1. The van der Waals surface area contributed by atoms with E-state index in [-0.39, 0.29) is 5.78 Å². The summed E-state index contributed by atoms with van der Waals surface area (Å²) in [5.41, 5.74) is 0.620. The normalized spacial score (nSPS) is 10.2. The third kappa shape index (κ3) is 3.10. The summed E-state index contributed by atoms with van der Waals surface area (Å²) in [4.78, 5) is 11.7. The van der Waals surface area contributed by atoms with Crippen molar-refractivity contribution in [3.63, 3.8) is 0 Å². The Balaban J connectivity index is 2.83. The van der Waals surface area contributed by atoms with Gasteiger partial charge in [0.2, 0.25) is 0 Å². The first-order chi connectivity index (χ1) is 6.65. The molecule has 14 heavy (non-hydrogen) atoms. The van der Waals surface area contributed by atoms with Gasteiger partial charge in [-0.2, -0.15) is 0 Å². The van der Waals surface area contributed by atoms with Crippen LogP contribution in [0.2, 0.25) is 5.02 Å². The van der Waals surface area contributed by atoms with Gasteiger partial charge in [-0.05, 0) is 24.6 Å². The lowest BCUT2D eigenvalue weighted by molar-refractivity contribution is 0.0980. The van der Waals surface area contributed by atoms with Crippen molar-refractivity contribution < 1.29 is 4.79 Å². The van der Waals surface area contributed by atoms with Crippen LogP contribution in [0.3, 0.4) is 0 Å². The van der Waals surface area contributed by atoms with Gasteiger partial charge in [-0.3, -0.25) is 4.79 Å². The molecule has 1 aromatic rings. The summed E-state index contributed by atoms with van der Waals surface area (Å²) >= 11 is 9.25. The number of ketones is 1. The predicted octanol–water partition coefficient (Wildman–Crippen LogP) is 4.48. The minimum absolute atomic E-state index is 0.123. The van der Waals surface area contributed by atoms with Gasteiger partial charge in [-0.25, -0.2) is 0 Å². The SMILES string of the molecule is CCCCC(=O)c1cc(Br)ccc1Cl. The fraction of sp³-hybridized carbons (Fsp3) is 0.364. The van der Waals surface area contributed by atoms with Gasteiger partial charge in [0, 0.05) is 16.5 Å². The number of carbonyl (C=O) groups is 1. The number of rotatable bonds is 4. The monoisotopic (exact) mass is 274 g/mol. The summed E-state index contributed by atoms with van der Waals surface area (Å²) in [6.07, 6.45) is 2.52. The fourth-order valence-electron chi connectivity index (χ4n) is 1.18. The Morgan fingerprint density at radius 2 is 2.21 bits per heavy atom. The molecule has 0 unspecified atom stereocenters. The van der Waals surface area contributed by atoms with Crippen molar-refractivity contribution >= 4 is 33.3 Å². The summed E-state index contributed by atoms with van der Waals surface area (Å²) in [6, 6.07) is 5.35. The molecule has 0 aliphatic carbocycles. The highest BCUT2D eigenvalue weighted by Gasteiger charge is 2.09. The molecule has 0 saturated carbocycles. The van der Waals surface area contributed by atoms with E-state index >= 15 is 0 Å². The van der Waals surface area contributed by atoms with E-state index in [1.54, 1.807) is 12.1 Å². The number of carbonyl (C=O) groups excluding carboxylic acids is 1. The molecule has 0 bridgehead atoms. The van der Waals surface area contributed by atoms with Crippen molar-refractivity contribution in [3.05, 3.63) is 33.3 Å². The molecule has 3 heteroatoms. The maximum Gasteiger partial charge on any atom is 0.164 e. The molecular formula is C11H12BrClO. The van der Waals surface area contributed by atoms with Crippen molar-refractivity contribution in [1.29, 1.82) is 0 Å². The molecule has 0 aliphatic heterocycles. The second kappa shape index (κ2) is 5.52.